The molecule has 2 aliphatic heterocycles. The van der Waals surface area contributed by atoms with E-state index < -0.39 is 53.2 Å². The van der Waals surface area contributed by atoms with Crippen LogP contribution in [0.5, 0.6) is 0 Å². The van der Waals surface area contributed by atoms with Crippen LogP contribution in [0.2, 0.25) is 0 Å². The lowest BCUT2D eigenvalue weighted by Gasteiger charge is -2.48. The van der Waals surface area contributed by atoms with Crippen LogP contribution in [0.15, 0.2) is 49.9 Å². The molecule has 234 valence electrons. The summed E-state index contributed by atoms with van der Waals surface area (Å²) in [4.78, 5) is 73.6. The number of hydrogen-bond acceptors (Lipinski definition) is 12. The molecule has 1 amide bonds. The van der Waals surface area contributed by atoms with E-state index in [4.69, 9.17) is 20.6 Å². The maximum absolute atomic E-state index is 13.8. The molecule has 4 unspecified atom stereocenters. The molecule has 0 saturated heterocycles. The van der Waals surface area contributed by atoms with Crippen LogP contribution in [0.1, 0.15) is 40.0 Å². The summed E-state index contributed by atoms with van der Waals surface area (Å²) in [6, 6.07) is -2.18. The lowest BCUT2D eigenvalue weighted by Crippen LogP contribution is -2.64. The van der Waals surface area contributed by atoms with Crippen molar-refractivity contribution in [2.75, 3.05) is 27.8 Å². The van der Waals surface area contributed by atoms with Gasteiger partial charge in [0.2, 0.25) is 17.5 Å². The fourth-order valence-electron chi connectivity index (χ4n) is 6.25. The van der Waals surface area contributed by atoms with Gasteiger partial charge in [-0.25, -0.2) is 0 Å². The lowest BCUT2D eigenvalue weighted by molar-refractivity contribution is -0.123. The Morgan fingerprint density at radius 3 is 2.18 bits per heavy atom. The molecule has 4 N–H and O–H groups in total. The molecule has 4 aliphatic rings. The highest BCUT2D eigenvalue weighted by molar-refractivity contribution is 6.38. The molecule has 0 saturated carbocycles. The van der Waals surface area contributed by atoms with Gasteiger partial charge in [-0.15, -0.1) is 12.4 Å². The number of methoxy groups -OCH3 is 2. The number of ether oxygens (including phenoxy) is 2. The first kappa shape index (κ1) is 34.2. The van der Waals surface area contributed by atoms with Crippen LogP contribution >= 0.6 is 12.4 Å². The molecule has 0 bridgehead atoms. The van der Waals surface area contributed by atoms with Gasteiger partial charge in [-0.2, -0.15) is 5.26 Å². The van der Waals surface area contributed by atoms with Gasteiger partial charge in [0.1, 0.15) is 6.04 Å². The molecule has 0 spiro atoms. The maximum Gasteiger partial charge on any atom is 0.236 e. The second-order valence-electron chi connectivity index (χ2n) is 10.7. The standard InChI is InChI=1S/C30H34N6O7.ClH/c1-7-16(32)30(41)35-11-20-21-15(25(38)13(3)28(42-5)26(21)39)9-18-23(34-4)22-14(8-17(33)19(10-31)36(18)20)24(37)12(2)29(43-6)27(22)40;/h16,18-20,33H,7-9,11,32H2,1-6H3,(H,35,41);1H. The highest BCUT2D eigenvalue weighted by Crippen LogP contribution is 2.42. The van der Waals surface area contributed by atoms with Gasteiger partial charge < -0.3 is 25.9 Å². The third kappa shape index (κ3) is 5.23. The Labute approximate surface area is 260 Å². The predicted octanol–water partition coefficient (Wildman–Crippen LogP) is 0.829. The molecule has 0 radical (unpaired) electrons. The van der Waals surface area contributed by atoms with Gasteiger partial charge in [0, 0.05) is 53.6 Å². The second kappa shape index (κ2) is 13.2. The number of amides is 1. The summed E-state index contributed by atoms with van der Waals surface area (Å²) in [5.41, 5.74) is 6.07. The van der Waals surface area contributed by atoms with Crippen molar-refractivity contribution in [3.63, 3.8) is 0 Å². The number of carbonyl (C=O) groups is 5. The quantitative estimate of drug-likeness (QED) is 0.354. The van der Waals surface area contributed by atoms with Crippen LogP contribution in [-0.2, 0) is 33.4 Å². The van der Waals surface area contributed by atoms with Crippen LogP contribution in [-0.4, -0.2) is 97.3 Å². The zero-order valence-corrected chi connectivity index (χ0v) is 26.1. The van der Waals surface area contributed by atoms with Crippen molar-refractivity contribution >= 4 is 52.9 Å². The van der Waals surface area contributed by atoms with Gasteiger partial charge in [-0.1, -0.05) is 6.92 Å². The number of fused-ring (bicyclic) bond motifs is 1. The van der Waals surface area contributed by atoms with E-state index in [2.05, 4.69) is 16.4 Å². The van der Waals surface area contributed by atoms with Crippen molar-refractivity contribution in [3.8, 4) is 6.07 Å². The van der Waals surface area contributed by atoms with E-state index in [1.54, 1.807) is 6.92 Å². The van der Waals surface area contributed by atoms with E-state index in [1.165, 1.54) is 40.0 Å². The number of nitrogens with one attached hydrogen (secondary N) is 2. The molecule has 4 atom stereocenters. The maximum atomic E-state index is 13.8. The normalized spacial score (nSPS) is 25.9. The summed E-state index contributed by atoms with van der Waals surface area (Å²) in [5, 5.41) is 22.1. The predicted molar refractivity (Wildman–Crippen MR) is 161 cm³/mol. The molecule has 4 rings (SSSR count). The van der Waals surface area contributed by atoms with Crippen molar-refractivity contribution in [2.24, 2.45) is 10.7 Å². The number of nitrogens with two attached hydrogens (primary N) is 1. The number of Topliss-reactive ketones (excluding diaryl/α,β-unsaturated/α-hetero) is 4. The Hall–Kier alpha value is -4.25. The Morgan fingerprint density at radius 1 is 1.09 bits per heavy atom. The number of aliphatic imine (C=N–C) groups is 1. The number of rotatable bonds is 6. The fourth-order valence-corrected chi connectivity index (χ4v) is 6.25. The Kier molecular flexibility index (Phi) is 10.3. The molecule has 44 heavy (non-hydrogen) atoms. The third-order valence-electron chi connectivity index (χ3n) is 8.46. The van der Waals surface area contributed by atoms with E-state index >= 15 is 0 Å². The van der Waals surface area contributed by atoms with Crippen molar-refractivity contribution < 1.29 is 33.4 Å². The summed E-state index contributed by atoms with van der Waals surface area (Å²) >= 11 is 0. The number of allylic oxidation sites excluding steroid dienone is 5. The smallest absolute Gasteiger partial charge is 0.236 e. The molecular weight excluding hydrogens is 592 g/mol. The number of hydrogen-bond donors (Lipinski definition) is 3. The minimum absolute atomic E-state index is 0. The summed E-state index contributed by atoms with van der Waals surface area (Å²) < 4.78 is 10.6. The molecule has 13 nitrogen and oxygen atoms in total. The zero-order chi connectivity index (χ0) is 31.9. The van der Waals surface area contributed by atoms with Crippen molar-refractivity contribution in [2.45, 2.75) is 64.2 Å². The average molecular weight is 627 g/mol. The van der Waals surface area contributed by atoms with E-state index in [1.807, 2.05) is 0 Å². The van der Waals surface area contributed by atoms with Gasteiger partial charge in [0.25, 0.3) is 0 Å². The average Bonchev–Trinajstić information content (AvgIpc) is 2.99. The molecule has 2 heterocycles. The molecule has 2 aliphatic carbocycles. The number of carbonyl (C=O) groups excluding carboxylic acids is 5. The molecule has 0 aromatic rings. The molecule has 0 aromatic carbocycles. The monoisotopic (exact) mass is 626 g/mol. The van der Waals surface area contributed by atoms with Crippen LogP contribution in [0.4, 0.5) is 0 Å². The van der Waals surface area contributed by atoms with Gasteiger partial charge >= 0.3 is 0 Å². The number of halogens is 1. The van der Waals surface area contributed by atoms with Crippen molar-refractivity contribution in [1.29, 1.82) is 10.7 Å². The Morgan fingerprint density at radius 2 is 1.66 bits per heavy atom. The highest BCUT2D eigenvalue weighted by atomic mass is 35.5. The van der Waals surface area contributed by atoms with Crippen LogP contribution in [0.25, 0.3) is 0 Å². The van der Waals surface area contributed by atoms with Crippen LogP contribution < -0.4 is 11.1 Å². The van der Waals surface area contributed by atoms with E-state index in [9.17, 15) is 29.2 Å². The van der Waals surface area contributed by atoms with Crippen molar-refractivity contribution in [3.05, 3.63) is 45.0 Å². The zero-order valence-electron chi connectivity index (χ0n) is 25.3. The Bertz CT molecular complexity index is 1580. The summed E-state index contributed by atoms with van der Waals surface area (Å²) in [6.45, 7) is 4.40. The van der Waals surface area contributed by atoms with Crippen molar-refractivity contribution in [1.82, 2.24) is 10.2 Å². The third-order valence-corrected chi connectivity index (χ3v) is 8.46. The Balaban J connectivity index is 0.00000529. The van der Waals surface area contributed by atoms with Gasteiger partial charge in [-0.05, 0) is 26.7 Å². The minimum Gasteiger partial charge on any atom is -0.492 e. The molecule has 0 fully saturated rings. The molecular formula is C30H35ClN6O7. The topological polar surface area (TPSA) is 205 Å². The first-order chi connectivity index (χ1) is 20.4. The van der Waals surface area contributed by atoms with Gasteiger partial charge in [0.15, 0.2) is 23.1 Å². The molecule has 0 aromatic heterocycles. The summed E-state index contributed by atoms with van der Waals surface area (Å²) in [7, 11) is 3.96. The first-order valence-electron chi connectivity index (χ1n) is 13.8. The first-order valence-corrected chi connectivity index (χ1v) is 13.8. The number of nitriles is 1. The van der Waals surface area contributed by atoms with E-state index in [0.29, 0.717) is 6.42 Å². The second-order valence-corrected chi connectivity index (χ2v) is 10.7. The minimum atomic E-state index is -1.32. The van der Waals surface area contributed by atoms with E-state index in [-0.39, 0.29) is 88.2 Å². The fraction of sp³-hybridized carbons (Fsp3) is 0.467. The largest absolute Gasteiger partial charge is 0.492 e. The number of ketones is 4. The van der Waals surface area contributed by atoms with Gasteiger partial charge in [0.05, 0.1) is 49.7 Å². The summed E-state index contributed by atoms with van der Waals surface area (Å²) in [6.07, 6.45) is -0.159. The van der Waals surface area contributed by atoms with E-state index in [0.717, 1.165) is 0 Å². The van der Waals surface area contributed by atoms with Gasteiger partial charge in [-0.3, -0.25) is 33.9 Å². The SMILES string of the molecule is CCC(N)C(=O)NCC1C2=C(CC3C(=NC)C4=C(CC(=N)C(C#N)N31)C(=O)C(C)=C(OC)C4=O)C(=O)C(C)=C(OC)C2=O.Cl. The lowest BCUT2D eigenvalue weighted by atomic mass is 9.72. The van der Waals surface area contributed by atoms with Crippen LogP contribution in [0.3, 0.4) is 0 Å². The highest BCUT2D eigenvalue weighted by Gasteiger charge is 2.52. The number of nitrogens with zero attached hydrogens (tertiary/aromatic N) is 3. The molecule has 14 heteroatoms. The summed E-state index contributed by atoms with van der Waals surface area (Å²) in [5.74, 6) is -3.01. The van der Waals surface area contributed by atoms with Crippen LogP contribution in [0, 0.1) is 16.7 Å².